The predicted octanol–water partition coefficient (Wildman–Crippen LogP) is 4.98. The van der Waals surface area contributed by atoms with E-state index in [2.05, 4.69) is 15.9 Å². The van der Waals surface area contributed by atoms with Crippen LogP contribution in [-0.2, 0) is 14.3 Å². The molecule has 2 aromatic rings. The molecular weight excluding hydrogens is 418 g/mol. The molecule has 0 spiro atoms. The standard InChI is InChI=1S/C20H15BrClNO3/c1-12-18(20(25)26-2)17(10-13-5-3-6-14(21)9-13)19(24)23(12)16-8-4-7-15(22)11-16/h3-11H,1-2H3. The summed E-state index contributed by atoms with van der Waals surface area (Å²) in [5, 5.41) is 0.507. The first kappa shape index (κ1) is 18.4. The number of carbonyl (C=O) groups excluding carboxylic acids is 2. The van der Waals surface area contributed by atoms with Crippen LogP contribution in [0.25, 0.3) is 6.08 Å². The molecule has 0 aliphatic carbocycles. The Hall–Kier alpha value is -2.37. The molecule has 132 valence electrons. The molecule has 0 aromatic heterocycles. The van der Waals surface area contributed by atoms with Crippen LogP contribution in [0, 0.1) is 0 Å². The van der Waals surface area contributed by atoms with Gasteiger partial charge in [-0.1, -0.05) is 45.7 Å². The normalized spacial score (nSPS) is 15.8. The second-order valence-electron chi connectivity index (χ2n) is 5.69. The summed E-state index contributed by atoms with van der Waals surface area (Å²) in [4.78, 5) is 26.9. The number of ether oxygens (including phenoxy) is 1. The molecule has 1 aliphatic rings. The fraction of sp³-hybridized carbons (Fsp3) is 0.100. The van der Waals surface area contributed by atoms with Crippen molar-refractivity contribution in [3.05, 3.63) is 80.4 Å². The molecule has 1 amide bonds. The Kier molecular flexibility index (Phi) is 5.30. The number of hydrogen-bond donors (Lipinski definition) is 0. The van der Waals surface area contributed by atoms with Gasteiger partial charge in [0.15, 0.2) is 0 Å². The molecule has 0 bridgehead atoms. The fourth-order valence-corrected chi connectivity index (χ4v) is 3.47. The predicted molar refractivity (Wildman–Crippen MR) is 106 cm³/mol. The Morgan fingerprint density at radius 3 is 2.58 bits per heavy atom. The average molecular weight is 433 g/mol. The monoisotopic (exact) mass is 431 g/mol. The highest BCUT2D eigenvalue weighted by atomic mass is 79.9. The Morgan fingerprint density at radius 1 is 1.19 bits per heavy atom. The lowest BCUT2D eigenvalue weighted by Gasteiger charge is -2.18. The lowest BCUT2D eigenvalue weighted by Crippen LogP contribution is -2.24. The van der Waals surface area contributed by atoms with Crippen molar-refractivity contribution in [2.45, 2.75) is 6.92 Å². The number of amides is 1. The van der Waals surface area contributed by atoms with Crippen LogP contribution in [0.15, 0.2) is 69.8 Å². The van der Waals surface area contributed by atoms with Gasteiger partial charge in [0.25, 0.3) is 5.91 Å². The van der Waals surface area contributed by atoms with Gasteiger partial charge in [0.1, 0.15) is 0 Å². The number of esters is 1. The molecular formula is C20H15BrClNO3. The lowest BCUT2D eigenvalue weighted by atomic mass is 10.0. The summed E-state index contributed by atoms with van der Waals surface area (Å²) in [6.07, 6.45) is 1.69. The lowest BCUT2D eigenvalue weighted by molar-refractivity contribution is -0.136. The molecule has 3 rings (SSSR count). The minimum absolute atomic E-state index is 0.248. The topological polar surface area (TPSA) is 46.6 Å². The Labute approximate surface area is 164 Å². The first-order valence-electron chi connectivity index (χ1n) is 7.79. The second-order valence-corrected chi connectivity index (χ2v) is 7.04. The maximum atomic E-state index is 13.1. The average Bonchev–Trinajstić information content (AvgIpc) is 2.84. The van der Waals surface area contributed by atoms with E-state index in [0.717, 1.165) is 10.0 Å². The number of benzene rings is 2. The van der Waals surface area contributed by atoms with E-state index in [1.54, 1.807) is 37.3 Å². The molecule has 4 nitrogen and oxygen atoms in total. The van der Waals surface area contributed by atoms with Crippen molar-refractivity contribution in [2.75, 3.05) is 12.0 Å². The highest BCUT2D eigenvalue weighted by Gasteiger charge is 2.37. The maximum absolute atomic E-state index is 13.1. The zero-order valence-electron chi connectivity index (χ0n) is 14.1. The van der Waals surface area contributed by atoms with Crippen molar-refractivity contribution < 1.29 is 14.3 Å². The molecule has 6 heteroatoms. The zero-order valence-corrected chi connectivity index (χ0v) is 16.5. The summed E-state index contributed by atoms with van der Waals surface area (Å²) >= 11 is 9.47. The summed E-state index contributed by atoms with van der Waals surface area (Å²) in [5.74, 6) is -0.855. The molecule has 0 saturated carbocycles. The van der Waals surface area contributed by atoms with Gasteiger partial charge in [-0.2, -0.15) is 0 Å². The van der Waals surface area contributed by atoms with Gasteiger partial charge in [-0.15, -0.1) is 0 Å². The van der Waals surface area contributed by atoms with E-state index in [0.29, 0.717) is 16.4 Å². The van der Waals surface area contributed by atoms with Gasteiger partial charge < -0.3 is 4.74 Å². The molecule has 0 fully saturated rings. The number of allylic oxidation sites excluding steroid dienone is 1. The Bertz CT molecular complexity index is 965. The molecule has 2 aromatic carbocycles. The fourth-order valence-electron chi connectivity index (χ4n) is 2.87. The van der Waals surface area contributed by atoms with Crippen LogP contribution in [-0.4, -0.2) is 19.0 Å². The number of nitrogens with zero attached hydrogens (tertiary/aromatic N) is 1. The summed E-state index contributed by atoms with van der Waals surface area (Å²) < 4.78 is 5.78. The highest BCUT2D eigenvalue weighted by molar-refractivity contribution is 9.10. The molecule has 0 saturated heterocycles. The van der Waals surface area contributed by atoms with E-state index in [4.69, 9.17) is 16.3 Å². The van der Waals surface area contributed by atoms with E-state index >= 15 is 0 Å². The van der Waals surface area contributed by atoms with Crippen molar-refractivity contribution in [1.82, 2.24) is 0 Å². The van der Waals surface area contributed by atoms with Gasteiger partial charge >= 0.3 is 5.97 Å². The van der Waals surface area contributed by atoms with Gasteiger partial charge in [0.2, 0.25) is 0 Å². The van der Waals surface area contributed by atoms with Crippen LogP contribution in [0.5, 0.6) is 0 Å². The van der Waals surface area contributed by atoms with Crippen molar-refractivity contribution in [3.8, 4) is 0 Å². The first-order chi connectivity index (χ1) is 12.4. The summed E-state index contributed by atoms with van der Waals surface area (Å²) in [5.41, 5.74) is 2.43. The molecule has 1 aliphatic heterocycles. The number of rotatable bonds is 3. The van der Waals surface area contributed by atoms with E-state index in [1.165, 1.54) is 12.0 Å². The van der Waals surface area contributed by atoms with Crippen LogP contribution in [0.2, 0.25) is 5.02 Å². The minimum Gasteiger partial charge on any atom is -0.465 e. The van der Waals surface area contributed by atoms with Crippen molar-refractivity contribution in [3.63, 3.8) is 0 Å². The molecule has 0 radical (unpaired) electrons. The van der Waals surface area contributed by atoms with Crippen molar-refractivity contribution in [1.29, 1.82) is 0 Å². The number of carbonyl (C=O) groups is 2. The molecule has 26 heavy (non-hydrogen) atoms. The highest BCUT2D eigenvalue weighted by Crippen LogP contribution is 2.36. The van der Waals surface area contributed by atoms with Gasteiger partial charge in [-0.25, -0.2) is 4.79 Å². The van der Waals surface area contributed by atoms with E-state index in [9.17, 15) is 9.59 Å². The smallest absolute Gasteiger partial charge is 0.340 e. The maximum Gasteiger partial charge on any atom is 0.340 e. The molecule has 0 atom stereocenters. The van der Waals surface area contributed by atoms with E-state index in [1.807, 2.05) is 24.3 Å². The third-order valence-corrected chi connectivity index (χ3v) is 4.74. The first-order valence-corrected chi connectivity index (χ1v) is 8.96. The van der Waals surface area contributed by atoms with Crippen LogP contribution in [0.3, 0.4) is 0 Å². The SMILES string of the molecule is COC(=O)C1=C(C)N(c2cccc(Cl)c2)C(=O)C1=Cc1cccc(Br)c1. The van der Waals surface area contributed by atoms with Crippen LogP contribution < -0.4 is 4.90 Å². The van der Waals surface area contributed by atoms with Crippen LogP contribution >= 0.6 is 27.5 Å². The largest absolute Gasteiger partial charge is 0.465 e. The number of hydrogen-bond acceptors (Lipinski definition) is 3. The quantitative estimate of drug-likeness (QED) is 0.508. The van der Waals surface area contributed by atoms with Crippen molar-refractivity contribution in [2.24, 2.45) is 0 Å². The number of methoxy groups -OCH3 is 1. The van der Waals surface area contributed by atoms with Gasteiger partial charge in [-0.3, -0.25) is 9.69 Å². The summed E-state index contributed by atoms with van der Waals surface area (Å²) in [6.45, 7) is 1.72. The zero-order chi connectivity index (χ0) is 18.8. The van der Waals surface area contributed by atoms with Crippen LogP contribution in [0.4, 0.5) is 5.69 Å². The summed E-state index contributed by atoms with van der Waals surface area (Å²) in [7, 11) is 1.30. The third kappa shape index (κ3) is 3.45. The van der Waals surface area contributed by atoms with Crippen molar-refractivity contribution >= 4 is 51.2 Å². The minimum atomic E-state index is -0.554. The van der Waals surface area contributed by atoms with Gasteiger partial charge in [-0.05, 0) is 48.9 Å². The Balaban J connectivity index is 2.15. The molecule has 0 unspecified atom stereocenters. The number of anilines is 1. The van der Waals surface area contributed by atoms with Gasteiger partial charge in [0.05, 0.1) is 23.9 Å². The summed E-state index contributed by atoms with van der Waals surface area (Å²) in [6, 6.07) is 14.4. The van der Waals surface area contributed by atoms with E-state index in [-0.39, 0.29) is 17.1 Å². The third-order valence-electron chi connectivity index (χ3n) is 4.02. The number of halogens is 2. The second kappa shape index (κ2) is 7.48. The van der Waals surface area contributed by atoms with Crippen LogP contribution in [0.1, 0.15) is 12.5 Å². The Morgan fingerprint density at radius 2 is 1.92 bits per heavy atom. The molecule has 0 N–H and O–H groups in total. The molecule has 1 heterocycles. The van der Waals surface area contributed by atoms with E-state index < -0.39 is 5.97 Å². The van der Waals surface area contributed by atoms with Gasteiger partial charge in [0, 0.05) is 15.2 Å².